The lowest BCUT2D eigenvalue weighted by atomic mass is 10.1. The smallest absolute Gasteiger partial charge is 0.191 e. The summed E-state index contributed by atoms with van der Waals surface area (Å²) < 4.78 is 0. The number of guanidine groups is 1. The fraction of sp³-hybridized carbons (Fsp3) is 0.278. The molecule has 0 atom stereocenters. The molecule has 0 bridgehead atoms. The highest BCUT2D eigenvalue weighted by Gasteiger charge is 2.04. The zero-order chi connectivity index (χ0) is 16.8. The molecule has 0 aliphatic rings. The second-order valence-electron chi connectivity index (χ2n) is 5.45. The lowest BCUT2D eigenvalue weighted by Crippen LogP contribution is -2.37. The van der Waals surface area contributed by atoms with E-state index in [9.17, 15) is 0 Å². The number of aliphatic imine (C=N–C) groups is 1. The van der Waals surface area contributed by atoms with Gasteiger partial charge in [0.1, 0.15) is 0 Å². The SMILES string of the molecule is CN=C(NCCc1csc(C)n1)NCc1cccc2cccnc12. The topological polar surface area (TPSA) is 62.2 Å². The van der Waals surface area contributed by atoms with Crippen LogP contribution in [-0.2, 0) is 13.0 Å². The van der Waals surface area contributed by atoms with Crippen LogP contribution < -0.4 is 10.6 Å². The third kappa shape index (κ3) is 4.08. The number of hydrogen-bond acceptors (Lipinski definition) is 4. The predicted octanol–water partition coefficient (Wildman–Crippen LogP) is 2.91. The van der Waals surface area contributed by atoms with Crippen molar-refractivity contribution < 1.29 is 0 Å². The number of hydrogen-bond donors (Lipinski definition) is 2. The number of pyridine rings is 1. The van der Waals surface area contributed by atoms with Crippen LogP contribution in [-0.4, -0.2) is 29.5 Å². The van der Waals surface area contributed by atoms with Gasteiger partial charge in [-0.1, -0.05) is 24.3 Å². The van der Waals surface area contributed by atoms with Crippen molar-refractivity contribution in [1.29, 1.82) is 0 Å². The molecule has 0 fully saturated rings. The molecule has 0 saturated heterocycles. The molecular formula is C18H21N5S. The van der Waals surface area contributed by atoms with Crippen LogP contribution in [0.1, 0.15) is 16.3 Å². The van der Waals surface area contributed by atoms with Gasteiger partial charge in [-0.05, 0) is 18.6 Å². The van der Waals surface area contributed by atoms with E-state index in [4.69, 9.17) is 0 Å². The molecule has 124 valence electrons. The minimum absolute atomic E-state index is 0.684. The second-order valence-corrected chi connectivity index (χ2v) is 6.51. The van der Waals surface area contributed by atoms with Gasteiger partial charge < -0.3 is 10.6 Å². The van der Waals surface area contributed by atoms with Crippen LogP contribution in [0.5, 0.6) is 0 Å². The molecule has 2 N–H and O–H groups in total. The molecule has 3 aromatic rings. The number of aryl methyl sites for hydroxylation is 1. The number of nitrogens with zero attached hydrogens (tertiary/aromatic N) is 3. The summed E-state index contributed by atoms with van der Waals surface area (Å²) in [6, 6.07) is 10.3. The highest BCUT2D eigenvalue weighted by atomic mass is 32.1. The van der Waals surface area contributed by atoms with Gasteiger partial charge in [-0.15, -0.1) is 11.3 Å². The van der Waals surface area contributed by atoms with Gasteiger partial charge in [0.15, 0.2) is 5.96 Å². The number of benzene rings is 1. The summed E-state index contributed by atoms with van der Waals surface area (Å²) in [4.78, 5) is 13.2. The zero-order valence-corrected chi connectivity index (χ0v) is 14.7. The molecule has 0 amide bonds. The minimum atomic E-state index is 0.684. The molecule has 0 aliphatic carbocycles. The Hall–Kier alpha value is -2.47. The summed E-state index contributed by atoms with van der Waals surface area (Å²) in [5, 5.41) is 11.0. The van der Waals surface area contributed by atoms with Crippen LogP contribution in [0.25, 0.3) is 10.9 Å². The van der Waals surface area contributed by atoms with Crippen molar-refractivity contribution in [3.63, 3.8) is 0 Å². The van der Waals surface area contributed by atoms with E-state index in [1.54, 1.807) is 18.4 Å². The second kappa shape index (κ2) is 7.88. The van der Waals surface area contributed by atoms with E-state index in [1.807, 2.05) is 19.2 Å². The van der Waals surface area contributed by atoms with E-state index in [1.165, 1.54) is 0 Å². The number of thiazole rings is 1. The molecule has 0 saturated carbocycles. The zero-order valence-electron chi connectivity index (χ0n) is 13.9. The van der Waals surface area contributed by atoms with Crippen molar-refractivity contribution in [3.05, 3.63) is 58.2 Å². The Kier molecular flexibility index (Phi) is 5.38. The third-order valence-corrected chi connectivity index (χ3v) is 4.55. The summed E-state index contributed by atoms with van der Waals surface area (Å²) >= 11 is 1.69. The molecule has 0 unspecified atom stereocenters. The number of rotatable bonds is 5. The van der Waals surface area contributed by atoms with Crippen molar-refractivity contribution >= 4 is 28.2 Å². The number of para-hydroxylation sites is 1. The van der Waals surface area contributed by atoms with E-state index < -0.39 is 0 Å². The van der Waals surface area contributed by atoms with Gasteiger partial charge >= 0.3 is 0 Å². The highest BCUT2D eigenvalue weighted by molar-refractivity contribution is 7.09. The Morgan fingerprint density at radius 1 is 1.21 bits per heavy atom. The van der Waals surface area contributed by atoms with Crippen LogP contribution >= 0.6 is 11.3 Å². The molecule has 2 heterocycles. The molecule has 1 aromatic carbocycles. The standard InChI is InChI=1S/C18H21N5S/c1-13-23-16(12-24-13)8-10-21-18(19-2)22-11-15-6-3-5-14-7-4-9-20-17(14)15/h3-7,9,12H,8,10-11H2,1-2H3,(H2,19,21,22). The Balaban J connectivity index is 1.55. The quantitative estimate of drug-likeness (QED) is 0.554. The van der Waals surface area contributed by atoms with Gasteiger partial charge in [0.05, 0.1) is 16.2 Å². The Bertz CT molecular complexity index is 835. The van der Waals surface area contributed by atoms with Gasteiger partial charge in [0, 0.05) is 43.5 Å². The summed E-state index contributed by atoms with van der Waals surface area (Å²) in [5.74, 6) is 0.787. The van der Waals surface area contributed by atoms with Crippen LogP contribution in [0.4, 0.5) is 0 Å². The molecule has 0 aliphatic heterocycles. The molecule has 2 aromatic heterocycles. The lowest BCUT2D eigenvalue weighted by molar-refractivity contribution is 0.787. The summed E-state index contributed by atoms with van der Waals surface area (Å²) in [7, 11) is 1.78. The van der Waals surface area contributed by atoms with Crippen molar-refractivity contribution in [3.8, 4) is 0 Å². The molecule has 3 rings (SSSR count). The fourth-order valence-corrected chi connectivity index (χ4v) is 3.19. The maximum atomic E-state index is 4.48. The molecular weight excluding hydrogens is 318 g/mol. The van der Waals surface area contributed by atoms with Gasteiger partial charge in [0.25, 0.3) is 0 Å². The number of aromatic nitrogens is 2. The van der Waals surface area contributed by atoms with Crippen LogP contribution in [0.15, 0.2) is 46.9 Å². The summed E-state index contributed by atoms with van der Waals surface area (Å²) in [6.07, 6.45) is 2.72. The monoisotopic (exact) mass is 339 g/mol. The van der Waals surface area contributed by atoms with Gasteiger partial charge in [-0.25, -0.2) is 4.98 Å². The first-order valence-corrected chi connectivity index (χ1v) is 8.82. The molecule has 0 radical (unpaired) electrons. The van der Waals surface area contributed by atoms with Crippen LogP contribution in [0, 0.1) is 6.92 Å². The molecule has 6 heteroatoms. The predicted molar refractivity (Wildman–Crippen MR) is 100 cm³/mol. The highest BCUT2D eigenvalue weighted by Crippen LogP contribution is 2.15. The average molecular weight is 339 g/mol. The summed E-state index contributed by atoms with van der Waals surface area (Å²) in [6.45, 7) is 3.51. The van der Waals surface area contributed by atoms with E-state index >= 15 is 0 Å². The normalized spacial score (nSPS) is 11.7. The Morgan fingerprint density at radius 3 is 2.88 bits per heavy atom. The van der Waals surface area contributed by atoms with Crippen molar-refractivity contribution in [2.45, 2.75) is 19.9 Å². The van der Waals surface area contributed by atoms with Crippen molar-refractivity contribution in [1.82, 2.24) is 20.6 Å². The van der Waals surface area contributed by atoms with Gasteiger partial charge in [-0.2, -0.15) is 0 Å². The van der Waals surface area contributed by atoms with E-state index in [0.717, 1.165) is 46.1 Å². The van der Waals surface area contributed by atoms with Crippen molar-refractivity contribution in [2.75, 3.05) is 13.6 Å². The average Bonchev–Trinajstić information content (AvgIpc) is 3.03. The Morgan fingerprint density at radius 2 is 2.08 bits per heavy atom. The maximum absolute atomic E-state index is 4.48. The molecule has 5 nitrogen and oxygen atoms in total. The number of nitrogens with one attached hydrogen (secondary N) is 2. The third-order valence-electron chi connectivity index (χ3n) is 3.73. The lowest BCUT2D eigenvalue weighted by Gasteiger charge is -2.12. The maximum Gasteiger partial charge on any atom is 0.191 e. The molecule has 0 spiro atoms. The van der Waals surface area contributed by atoms with Crippen LogP contribution in [0.2, 0.25) is 0 Å². The van der Waals surface area contributed by atoms with Gasteiger partial charge in [0.2, 0.25) is 0 Å². The van der Waals surface area contributed by atoms with E-state index in [0.29, 0.717) is 6.54 Å². The van der Waals surface area contributed by atoms with Gasteiger partial charge in [-0.3, -0.25) is 9.98 Å². The van der Waals surface area contributed by atoms with E-state index in [2.05, 4.69) is 55.2 Å². The first-order valence-electron chi connectivity index (χ1n) is 7.94. The van der Waals surface area contributed by atoms with Crippen molar-refractivity contribution in [2.24, 2.45) is 4.99 Å². The van der Waals surface area contributed by atoms with E-state index in [-0.39, 0.29) is 0 Å². The molecule has 24 heavy (non-hydrogen) atoms. The number of fused-ring (bicyclic) bond motifs is 1. The largest absolute Gasteiger partial charge is 0.356 e. The Labute approximate surface area is 145 Å². The first-order chi connectivity index (χ1) is 11.8. The first kappa shape index (κ1) is 16.4. The summed E-state index contributed by atoms with van der Waals surface area (Å²) in [5.41, 5.74) is 3.31. The fourth-order valence-electron chi connectivity index (χ4n) is 2.54. The minimum Gasteiger partial charge on any atom is -0.356 e. The van der Waals surface area contributed by atoms with Crippen LogP contribution in [0.3, 0.4) is 0 Å².